The topological polar surface area (TPSA) is 91.7 Å². The molecule has 222 valence electrons. The monoisotopic (exact) mass is 588 g/mol. The second-order valence-electron chi connectivity index (χ2n) is 12.1. The Morgan fingerprint density at radius 2 is 2.00 bits per heavy atom. The summed E-state index contributed by atoms with van der Waals surface area (Å²) in [7, 11) is 0. The van der Waals surface area contributed by atoms with Gasteiger partial charge in [0.2, 0.25) is 0 Å². The van der Waals surface area contributed by atoms with Crippen LogP contribution in [0.1, 0.15) is 86.2 Å². The molecule has 0 saturated heterocycles. The SMILES string of the molecule is C[C@@H](COc1ccnc2c1[C@H](C)CCC2)C/C1=C/c2ccc(CO)cc2CC[C@](Nc2cccc(Cl)c2)(C(=O)O)CC1. The summed E-state index contributed by atoms with van der Waals surface area (Å²) in [6.07, 6.45) is 10.2. The number of aliphatic carboxylic acids is 1. The molecule has 0 bridgehead atoms. The van der Waals surface area contributed by atoms with Crippen molar-refractivity contribution in [2.75, 3.05) is 11.9 Å². The molecule has 1 aromatic heterocycles. The van der Waals surface area contributed by atoms with Crippen LogP contribution in [0, 0.1) is 5.92 Å². The molecule has 2 aliphatic rings. The molecule has 5 rings (SSSR count). The number of hydrogen-bond donors (Lipinski definition) is 3. The van der Waals surface area contributed by atoms with Crippen LogP contribution in [-0.2, 0) is 24.2 Å². The van der Waals surface area contributed by atoms with Crippen LogP contribution >= 0.6 is 11.6 Å². The maximum Gasteiger partial charge on any atom is 0.329 e. The number of fused-ring (bicyclic) bond motifs is 2. The Kier molecular flexibility index (Phi) is 9.54. The number of halogens is 1. The number of aromatic nitrogens is 1. The van der Waals surface area contributed by atoms with Gasteiger partial charge in [-0.25, -0.2) is 4.79 Å². The van der Waals surface area contributed by atoms with Crippen LogP contribution in [0.5, 0.6) is 5.75 Å². The molecule has 3 N–H and O–H groups in total. The Hall–Kier alpha value is -3.35. The zero-order chi connectivity index (χ0) is 29.7. The van der Waals surface area contributed by atoms with Crippen LogP contribution in [0.2, 0.25) is 5.02 Å². The van der Waals surface area contributed by atoms with Crippen molar-refractivity contribution in [1.82, 2.24) is 4.98 Å². The maximum absolute atomic E-state index is 12.9. The number of nitrogens with one attached hydrogen (secondary N) is 1. The lowest BCUT2D eigenvalue weighted by atomic mass is 9.84. The molecule has 2 aromatic carbocycles. The fourth-order valence-electron chi connectivity index (χ4n) is 6.46. The van der Waals surface area contributed by atoms with Gasteiger partial charge in [-0.15, -0.1) is 0 Å². The third kappa shape index (κ3) is 6.99. The Labute approximate surface area is 253 Å². The highest BCUT2D eigenvalue weighted by Gasteiger charge is 2.39. The minimum absolute atomic E-state index is 0.0552. The first-order chi connectivity index (χ1) is 20.3. The van der Waals surface area contributed by atoms with Gasteiger partial charge in [0.1, 0.15) is 11.3 Å². The summed E-state index contributed by atoms with van der Waals surface area (Å²) in [4.78, 5) is 17.5. The second kappa shape index (κ2) is 13.3. The number of rotatable bonds is 9. The van der Waals surface area contributed by atoms with E-state index in [0.29, 0.717) is 48.9 Å². The Morgan fingerprint density at radius 1 is 1.17 bits per heavy atom. The third-order valence-electron chi connectivity index (χ3n) is 8.77. The van der Waals surface area contributed by atoms with Crippen LogP contribution in [0.3, 0.4) is 0 Å². The molecule has 0 unspecified atom stereocenters. The number of aryl methyl sites for hydroxylation is 2. The lowest BCUT2D eigenvalue weighted by Crippen LogP contribution is -2.47. The fourth-order valence-corrected chi connectivity index (χ4v) is 6.65. The zero-order valence-electron chi connectivity index (χ0n) is 24.5. The summed E-state index contributed by atoms with van der Waals surface area (Å²) in [6, 6.07) is 15.2. The van der Waals surface area contributed by atoms with Crippen molar-refractivity contribution < 1.29 is 19.7 Å². The van der Waals surface area contributed by atoms with E-state index in [1.807, 2.05) is 42.6 Å². The highest BCUT2D eigenvalue weighted by atomic mass is 35.5. The van der Waals surface area contributed by atoms with Crippen molar-refractivity contribution in [3.05, 3.63) is 93.3 Å². The van der Waals surface area contributed by atoms with Gasteiger partial charge in [-0.3, -0.25) is 4.98 Å². The number of carboxylic acid groups (broad SMARTS) is 1. The van der Waals surface area contributed by atoms with E-state index in [1.54, 1.807) is 12.1 Å². The van der Waals surface area contributed by atoms with Gasteiger partial charge in [-0.05, 0) is 104 Å². The minimum Gasteiger partial charge on any atom is -0.493 e. The molecule has 1 heterocycles. The number of aliphatic hydroxyl groups is 1. The number of benzene rings is 2. The van der Waals surface area contributed by atoms with Crippen molar-refractivity contribution in [2.45, 2.75) is 83.3 Å². The van der Waals surface area contributed by atoms with Crippen LogP contribution in [0.4, 0.5) is 5.69 Å². The summed E-state index contributed by atoms with van der Waals surface area (Å²) in [5.74, 6) is 0.734. The number of pyridine rings is 1. The maximum atomic E-state index is 12.9. The number of aliphatic hydroxyl groups excluding tert-OH is 1. The molecule has 7 heteroatoms. The first kappa shape index (κ1) is 30.1. The molecule has 0 saturated carbocycles. The molecular weight excluding hydrogens is 548 g/mol. The van der Waals surface area contributed by atoms with Crippen molar-refractivity contribution in [3.63, 3.8) is 0 Å². The van der Waals surface area contributed by atoms with E-state index in [4.69, 9.17) is 16.3 Å². The third-order valence-corrected chi connectivity index (χ3v) is 9.01. The van der Waals surface area contributed by atoms with E-state index < -0.39 is 11.5 Å². The van der Waals surface area contributed by atoms with Gasteiger partial charge >= 0.3 is 5.97 Å². The lowest BCUT2D eigenvalue weighted by molar-refractivity contribution is -0.142. The molecule has 6 nitrogen and oxygen atoms in total. The van der Waals surface area contributed by atoms with Crippen molar-refractivity contribution >= 4 is 29.3 Å². The molecule has 0 aliphatic heterocycles. The van der Waals surface area contributed by atoms with Gasteiger partial charge in [-0.2, -0.15) is 0 Å². The van der Waals surface area contributed by atoms with Crippen LogP contribution in [0.15, 0.2) is 60.3 Å². The summed E-state index contributed by atoms with van der Waals surface area (Å²) in [6.45, 7) is 4.96. The molecule has 0 amide bonds. The zero-order valence-corrected chi connectivity index (χ0v) is 25.3. The number of ether oxygens (including phenoxy) is 1. The predicted octanol–water partition coefficient (Wildman–Crippen LogP) is 7.82. The van der Waals surface area contributed by atoms with Gasteiger partial charge in [0, 0.05) is 28.2 Å². The smallest absolute Gasteiger partial charge is 0.329 e. The van der Waals surface area contributed by atoms with Gasteiger partial charge in [0.25, 0.3) is 0 Å². The number of nitrogens with zero attached hydrogens (tertiary/aromatic N) is 1. The van der Waals surface area contributed by atoms with Crippen molar-refractivity contribution in [3.8, 4) is 5.75 Å². The van der Waals surface area contributed by atoms with E-state index >= 15 is 0 Å². The van der Waals surface area contributed by atoms with Crippen molar-refractivity contribution in [2.24, 2.45) is 5.92 Å². The summed E-state index contributed by atoms with van der Waals surface area (Å²) >= 11 is 6.24. The molecule has 2 aliphatic carbocycles. The lowest BCUT2D eigenvalue weighted by Gasteiger charge is -2.32. The molecule has 3 atom stereocenters. The number of carboxylic acids is 1. The molecular formula is C35H41ClN2O4. The molecule has 0 spiro atoms. The normalized spacial score (nSPS) is 22.3. The largest absolute Gasteiger partial charge is 0.493 e. The van der Waals surface area contributed by atoms with Crippen LogP contribution in [-0.4, -0.2) is 33.3 Å². The number of anilines is 1. The first-order valence-electron chi connectivity index (χ1n) is 15.1. The van der Waals surface area contributed by atoms with Gasteiger partial charge < -0.3 is 20.3 Å². The highest BCUT2D eigenvalue weighted by molar-refractivity contribution is 6.30. The van der Waals surface area contributed by atoms with E-state index in [0.717, 1.165) is 47.4 Å². The Bertz CT molecular complexity index is 1450. The van der Waals surface area contributed by atoms with E-state index in [-0.39, 0.29) is 12.5 Å². The van der Waals surface area contributed by atoms with Crippen LogP contribution in [0.25, 0.3) is 6.08 Å². The Balaban J connectivity index is 1.39. The van der Waals surface area contributed by atoms with Crippen LogP contribution < -0.4 is 10.1 Å². The quantitative estimate of drug-likeness (QED) is 0.236. The number of carbonyl (C=O) groups is 1. The first-order valence-corrected chi connectivity index (χ1v) is 15.4. The summed E-state index contributed by atoms with van der Waals surface area (Å²) in [5, 5.41) is 24.3. The summed E-state index contributed by atoms with van der Waals surface area (Å²) in [5.41, 5.74) is 6.07. The fraction of sp³-hybridized carbons (Fsp3) is 0.429. The van der Waals surface area contributed by atoms with Gasteiger partial charge in [0.15, 0.2) is 0 Å². The summed E-state index contributed by atoms with van der Waals surface area (Å²) < 4.78 is 6.41. The second-order valence-corrected chi connectivity index (χ2v) is 12.5. The molecule has 42 heavy (non-hydrogen) atoms. The average Bonchev–Trinajstić information content (AvgIpc) is 3.04. The predicted molar refractivity (Wildman–Crippen MR) is 168 cm³/mol. The molecule has 3 aromatic rings. The minimum atomic E-state index is -1.17. The van der Waals surface area contributed by atoms with E-state index in [2.05, 4.69) is 30.2 Å². The van der Waals surface area contributed by atoms with E-state index in [1.165, 1.54) is 17.6 Å². The van der Waals surface area contributed by atoms with Crippen molar-refractivity contribution in [1.29, 1.82) is 0 Å². The standard InChI is InChI=1S/C35H41ClN2O4/c1-23(22-42-32-13-16-37-31-8-3-5-24(2)33(31)32)17-25-11-14-35(34(40)41,38-30-7-4-6-29(36)20-30)15-12-28-19-26(21-39)9-10-27(28)18-25/h4,6-7,9-10,13,16,18-20,23-24,38-39H,3,5,8,11-12,14-15,17,21-22H2,1-2H3,(H,40,41)/b25-18+/t23-,24-,35+/m1/s1. The Morgan fingerprint density at radius 3 is 2.79 bits per heavy atom. The molecule has 0 radical (unpaired) electrons. The number of hydrogen-bond acceptors (Lipinski definition) is 5. The number of allylic oxidation sites excluding steroid dienone is 1. The van der Waals surface area contributed by atoms with E-state index in [9.17, 15) is 15.0 Å². The molecule has 0 fully saturated rings. The van der Waals surface area contributed by atoms with Gasteiger partial charge in [-0.1, -0.05) is 61.4 Å². The van der Waals surface area contributed by atoms with Gasteiger partial charge in [0.05, 0.1) is 13.2 Å². The average molecular weight is 589 g/mol. The highest BCUT2D eigenvalue weighted by Crippen LogP contribution is 2.38.